The number of hydrogen-bond acceptors (Lipinski definition) is 1. The number of halogens is 1. The predicted octanol–water partition coefficient (Wildman–Crippen LogP) is 3.35. The molecule has 0 aliphatic carbocycles. The maximum absolute atomic E-state index is 13.2. The van der Waals surface area contributed by atoms with Crippen molar-refractivity contribution in [3.05, 3.63) is 29.6 Å². The third-order valence-electron chi connectivity index (χ3n) is 1.90. The van der Waals surface area contributed by atoms with E-state index in [0.717, 1.165) is 5.75 Å². The first-order chi connectivity index (χ1) is 6.15. The maximum atomic E-state index is 13.2. The second kappa shape index (κ2) is 4.26. The largest absolute Gasteiger partial charge is 0.494 e. The number of benzene rings is 1. The van der Waals surface area contributed by atoms with Gasteiger partial charge in [0.15, 0.2) is 0 Å². The lowest BCUT2D eigenvalue weighted by molar-refractivity contribution is 0.339. The minimum atomic E-state index is -0.154. The van der Waals surface area contributed by atoms with Crippen LogP contribution in [-0.4, -0.2) is 6.61 Å². The second-order valence-corrected chi connectivity index (χ2v) is 3.27. The van der Waals surface area contributed by atoms with Crippen LogP contribution in [0.25, 0.3) is 0 Å². The zero-order valence-electron chi connectivity index (χ0n) is 8.30. The average molecular weight is 182 g/mol. The molecule has 0 heterocycles. The second-order valence-electron chi connectivity index (χ2n) is 3.27. The Hall–Kier alpha value is -1.05. The lowest BCUT2D eigenvalue weighted by Crippen LogP contribution is -1.96. The van der Waals surface area contributed by atoms with Gasteiger partial charge in [0, 0.05) is 0 Å². The molecule has 0 aliphatic rings. The van der Waals surface area contributed by atoms with Crippen LogP contribution in [0.4, 0.5) is 4.39 Å². The molecule has 0 aromatic heterocycles. The highest BCUT2D eigenvalue weighted by Gasteiger charge is 2.07. The van der Waals surface area contributed by atoms with Gasteiger partial charge in [-0.05, 0) is 36.6 Å². The van der Waals surface area contributed by atoms with Crippen molar-refractivity contribution in [2.75, 3.05) is 6.61 Å². The third-order valence-corrected chi connectivity index (χ3v) is 1.90. The van der Waals surface area contributed by atoms with Crippen LogP contribution >= 0.6 is 0 Å². The Labute approximate surface area is 78.5 Å². The summed E-state index contributed by atoms with van der Waals surface area (Å²) >= 11 is 0. The monoisotopic (exact) mass is 182 g/mol. The molecule has 0 amide bonds. The topological polar surface area (TPSA) is 9.23 Å². The van der Waals surface area contributed by atoms with Crippen molar-refractivity contribution >= 4 is 0 Å². The van der Waals surface area contributed by atoms with Crippen molar-refractivity contribution in [3.8, 4) is 5.75 Å². The van der Waals surface area contributed by atoms with Crippen molar-refractivity contribution in [2.24, 2.45) is 0 Å². The van der Waals surface area contributed by atoms with Gasteiger partial charge in [-0.2, -0.15) is 0 Å². The summed E-state index contributed by atoms with van der Waals surface area (Å²) in [5, 5.41) is 0. The van der Waals surface area contributed by atoms with Crippen LogP contribution in [0.5, 0.6) is 5.75 Å². The van der Waals surface area contributed by atoms with E-state index in [1.54, 1.807) is 12.1 Å². The van der Waals surface area contributed by atoms with Crippen LogP contribution in [-0.2, 0) is 0 Å². The molecule has 0 bridgehead atoms. The average Bonchev–Trinajstić information content (AvgIpc) is 2.08. The van der Waals surface area contributed by atoms with Gasteiger partial charge < -0.3 is 4.74 Å². The highest BCUT2D eigenvalue weighted by Crippen LogP contribution is 2.23. The smallest absolute Gasteiger partial charge is 0.126 e. The van der Waals surface area contributed by atoms with Gasteiger partial charge in [-0.15, -0.1) is 0 Å². The fourth-order valence-corrected chi connectivity index (χ4v) is 1.22. The van der Waals surface area contributed by atoms with Gasteiger partial charge in [0.05, 0.1) is 6.61 Å². The number of ether oxygens (including phenoxy) is 1. The Morgan fingerprint density at radius 2 is 2.08 bits per heavy atom. The van der Waals surface area contributed by atoms with Gasteiger partial charge >= 0.3 is 0 Å². The Morgan fingerprint density at radius 3 is 2.62 bits per heavy atom. The predicted molar refractivity (Wildman–Crippen MR) is 51.7 cm³/mol. The van der Waals surface area contributed by atoms with E-state index >= 15 is 0 Å². The molecule has 1 aromatic carbocycles. The fraction of sp³-hybridized carbons (Fsp3) is 0.455. The molecule has 0 spiro atoms. The van der Waals surface area contributed by atoms with Gasteiger partial charge in [0.2, 0.25) is 0 Å². The summed E-state index contributed by atoms with van der Waals surface area (Å²) in [4.78, 5) is 0. The molecule has 0 N–H and O–H groups in total. The third kappa shape index (κ3) is 2.44. The van der Waals surface area contributed by atoms with Crippen LogP contribution < -0.4 is 4.74 Å². The van der Waals surface area contributed by atoms with Crippen LogP contribution in [0, 0.1) is 5.82 Å². The molecule has 0 aliphatic heterocycles. The molecular formula is C11H15FO. The van der Waals surface area contributed by atoms with E-state index in [-0.39, 0.29) is 11.7 Å². The molecule has 0 saturated heterocycles. The zero-order chi connectivity index (χ0) is 9.84. The van der Waals surface area contributed by atoms with Gasteiger partial charge in [0.1, 0.15) is 11.6 Å². The first-order valence-electron chi connectivity index (χ1n) is 4.57. The molecule has 0 atom stereocenters. The fourth-order valence-electron chi connectivity index (χ4n) is 1.22. The molecule has 0 fully saturated rings. The summed E-state index contributed by atoms with van der Waals surface area (Å²) < 4.78 is 18.5. The Bertz CT molecular complexity index is 281. The molecule has 72 valence electrons. The van der Waals surface area contributed by atoms with Crippen molar-refractivity contribution in [3.63, 3.8) is 0 Å². The van der Waals surface area contributed by atoms with E-state index in [4.69, 9.17) is 4.74 Å². The maximum Gasteiger partial charge on any atom is 0.126 e. The van der Waals surface area contributed by atoms with E-state index in [9.17, 15) is 4.39 Å². The zero-order valence-corrected chi connectivity index (χ0v) is 8.30. The van der Waals surface area contributed by atoms with Gasteiger partial charge in [0.25, 0.3) is 0 Å². The van der Waals surface area contributed by atoms with E-state index < -0.39 is 0 Å². The summed E-state index contributed by atoms with van der Waals surface area (Å²) in [6.45, 7) is 6.46. The van der Waals surface area contributed by atoms with Gasteiger partial charge in [-0.25, -0.2) is 4.39 Å². The van der Waals surface area contributed by atoms with E-state index in [0.29, 0.717) is 12.2 Å². The van der Waals surface area contributed by atoms with Crippen molar-refractivity contribution in [1.29, 1.82) is 0 Å². The van der Waals surface area contributed by atoms with E-state index in [1.165, 1.54) is 6.07 Å². The van der Waals surface area contributed by atoms with Crippen LogP contribution in [0.1, 0.15) is 32.3 Å². The highest BCUT2D eigenvalue weighted by molar-refractivity contribution is 5.31. The molecule has 13 heavy (non-hydrogen) atoms. The van der Waals surface area contributed by atoms with Crippen LogP contribution in [0.15, 0.2) is 18.2 Å². The standard InChI is InChI=1S/C11H15FO/c1-4-13-9-5-6-11(12)10(7-9)8(2)3/h5-8H,4H2,1-3H3. The Kier molecular flexibility index (Phi) is 3.29. The summed E-state index contributed by atoms with van der Waals surface area (Å²) in [6, 6.07) is 4.88. The minimum absolute atomic E-state index is 0.154. The number of hydrogen-bond donors (Lipinski definition) is 0. The first kappa shape index (κ1) is 10.0. The van der Waals surface area contributed by atoms with Gasteiger partial charge in [-0.3, -0.25) is 0 Å². The molecule has 0 saturated carbocycles. The molecule has 1 rings (SSSR count). The molecule has 1 aromatic rings. The van der Waals surface area contributed by atoms with Crippen molar-refractivity contribution < 1.29 is 9.13 Å². The Balaban J connectivity index is 2.97. The summed E-state index contributed by atoms with van der Waals surface area (Å²) in [5.74, 6) is 0.784. The van der Waals surface area contributed by atoms with Crippen molar-refractivity contribution in [2.45, 2.75) is 26.7 Å². The summed E-state index contributed by atoms with van der Waals surface area (Å²) in [7, 11) is 0. The number of rotatable bonds is 3. The molecule has 2 heteroatoms. The first-order valence-corrected chi connectivity index (χ1v) is 4.57. The quantitative estimate of drug-likeness (QED) is 0.696. The minimum Gasteiger partial charge on any atom is -0.494 e. The van der Waals surface area contributed by atoms with E-state index in [1.807, 2.05) is 20.8 Å². The van der Waals surface area contributed by atoms with E-state index in [2.05, 4.69) is 0 Å². The lowest BCUT2D eigenvalue weighted by Gasteiger charge is -2.09. The highest BCUT2D eigenvalue weighted by atomic mass is 19.1. The Morgan fingerprint density at radius 1 is 1.38 bits per heavy atom. The molecular weight excluding hydrogens is 167 g/mol. The van der Waals surface area contributed by atoms with Crippen molar-refractivity contribution in [1.82, 2.24) is 0 Å². The molecule has 0 unspecified atom stereocenters. The summed E-state index contributed by atoms with van der Waals surface area (Å²) in [5.41, 5.74) is 0.714. The summed E-state index contributed by atoms with van der Waals surface area (Å²) in [6.07, 6.45) is 0. The lowest BCUT2D eigenvalue weighted by atomic mass is 10.0. The van der Waals surface area contributed by atoms with Crippen LogP contribution in [0.2, 0.25) is 0 Å². The normalized spacial score (nSPS) is 10.5. The SMILES string of the molecule is CCOc1ccc(F)c(C(C)C)c1. The molecule has 0 radical (unpaired) electrons. The van der Waals surface area contributed by atoms with Gasteiger partial charge in [-0.1, -0.05) is 13.8 Å². The molecule has 1 nitrogen and oxygen atoms in total. The van der Waals surface area contributed by atoms with Crippen LogP contribution in [0.3, 0.4) is 0 Å².